The lowest BCUT2D eigenvalue weighted by Gasteiger charge is -2.37. The first-order valence-corrected chi connectivity index (χ1v) is 14.9. The number of nitrogens with zero attached hydrogens (tertiary/aromatic N) is 4. The van der Waals surface area contributed by atoms with Crippen LogP contribution in [0.25, 0.3) is 11.0 Å². The van der Waals surface area contributed by atoms with Crippen LogP contribution in [0.1, 0.15) is 67.5 Å². The lowest BCUT2D eigenvalue weighted by molar-refractivity contribution is 0.0709. The van der Waals surface area contributed by atoms with Crippen LogP contribution in [-0.2, 0) is 17.8 Å². The van der Waals surface area contributed by atoms with Crippen LogP contribution < -0.4 is 0 Å². The molecule has 1 saturated heterocycles. The summed E-state index contributed by atoms with van der Waals surface area (Å²) in [6.45, 7) is 5.46. The molecular weight excluding hydrogens is 510 g/mol. The van der Waals surface area contributed by atoms with Gasteiger partial charge in [0.1, 0.15) is 5.82 Å². The number of fused-ring (bicyclic) bond motifs is 1. The number of rotatable bonds is 11. The summed E-state index contributed by atoms with van der Waals surface area (Å²) in [7, 11) is 1.61. The third-order valence-electron chi connectivity index (χ3n) is 8.74. The van der Waals surface area contributed by atoms with Gasteiger partial charge in [-0.05, 0) is 81.3 Å². The second-order valence-corrected chi connectivity index (χ2v) is 11.5. The maximum Gasteiger partial charge on any atom is 0.257 e. The molecule has 0 N–H and O–H groups in total. The van der Waals surface area contributed by atoms with Crippen molar-refractivity contribution in [3.8, 4) is 0 Å². The summed E-state index contributed by atoms with van der Waals surface area (Å²) in [6.07, 6.45) is 9.49. The number of benzene rings is 2. The van der Waals surface area contributed by atoms with Crippen LogP contribution in [-0.4, -0.2) is 65.2 Å². The van der Waals surface area contributed by atoms with Crippen molar-refractivity contribution in [1.29, 1.82) is 0 Å². The highest BCUT2D eigenvalue weighted by atomic mass is 19.2. The van der Waals surface area contributed by atoms with Crippen LogP contribution >= 0.6 is 0 Å². The van der Waals surface area contributed by atoms with E-state index in [-0.39, 0.29) is 12.1 Å². The number of aromatic nitrogens is 2. The van der Waals surface area contributed by atoms with Crippen LogP contribution in [0.2, 0.25) is 0 Å². The first-order valence-electron chi connectivity index (χ1n) is 14.9. The Morgan fingerprint density at radius 2 is 1.73 bits per heavy atom. The van der Waals surface area contributed by atoms with E-state index in [1.54, 1.807) is 12.0 Å². The first kappa shape index (κ1) is 28.7. The summed E-state index contributed by atoms with van der Waals surface area (Å²) in [5.74, 6) is -0.710. The molecule has 0 bridgehead atoms. The van der Waals surface area contributed by atoms with Crippen molar-refractivity contribution >= 4 is 16.9 Å². The zero-order valence-corrected chi connectivity index (χ0v) is 23.7. The van der Waals surface area contributed by atoms with E-state index in [0.29, 0.717) is 31.4 Å². The average molecular weight is 553 g/mol. The number of para-hydroxylation sites is 2. The fraction of sp³-hybridized carbons (Fsp3) is 0.562. The lowest BCUT2D eigenvalue weighted by atomic mass is 9.78. The number of amides is 1. The molecule has 1 aromatic heterocycles. The predicted molar refractivity (Wildman–Crippen MR) is 153 cm³/mol. The Morgan fingerprint density at radius 3 is 2.50 bits per heavy atom. The predicted octanol–water partition coefficient (Wildman–Crippen LogP) is 6.29. The number of halogens is 2. The van der Waals surface area contributed by atoms with Gasteiger partial charge >= 0.3 is 0 Å². The zero-order valence-electron chi connectivity index (χ0n) is 23.7. The van der Waals surface area contributed by atoms with Crippen molar-refractivity contribution in [1.82, 2.24) is 19.4 Å². The molecule has 2 aromatic carbocycles. The van der Waals surface area contributed by atoms with Crippen LogP contribution in [0, 0.1) is 23.5 Å². The van der Waals surface area contributed by atoms with E-state index in [1.807, 2.05) is 18.2 Å². The van der Waals surface area contributed by atoms with Crippen molar-refractivity contribution in [2.75, 3.05) is 39.9 Å². The highest BCUT2D eigenvalue weighted by molar-refractivity contribution is 5.94. The molecule has 2 atom stereocenters. The fourth-order valence-corrected chi connectivity index (χ4v) is 6.59. The van der Waals surface area contributed by atoms with Crippen molar-refractivity contribution in [3.05, 3.63) is 65.5 Å². The van der Waals surface area contributed by atoms with E-state index in [4.69, 9.17) is 9.72 Å². The molecule has 1 aliphatic heterocycles. The Morgan fingerprint density at radius 1 is 0.975 bits per heavy atom. The van der Waals surface area contributed by atoms with E-state index >= 15 is 0 Å². The third kappa shape index (κ3) is 6.72. The normalized spacial score (nSPS) is 20.2. The first-order chi connectivity index (χ1) is 19.5. The van der Waals surface area contributed by atoms with Gasteiger partial charge in [-0.1, -0.05) is 37.5 Å². The summed E-state index contributed by atoms with van der Waals surface area (Å²) in [4.78, 5) is 22.7. The van der Waals surface area contributed by atoms with Gasteiger partial charge in [-0.15, -0.1) is 0 Å². The number of imidazole rings is 1. The minimum absolute atomic E-state index is 0.219. The lowest BCUT2D eigenvalue weighted by Crippen LogP contribution is -2.39. The summed E-state index contributed by atoms with van der Waals surface area (Å²) in [5.41, 5.74) is 1.69. The van der Waals surface area contributed by atoms with E-state index < -0.39 is 17.5 Å². The topological polar surface area (TPSA) is 50.6 Å². The number of likely N-dealkylation sites (tertiary alicyclic amines) is 1. The molecule has 5 rings (SSSR count). The summed E-state index contributed by atoms with van der Waals surface area (Å²) >= 11 is 0. The molecule has 0 radical (unpaired) electrons. The largest absolute Gasteiger partial charge is 0.385 e. The molecule has 3 aromatic rings. The number of carbonyl (C=O) groups is 1. The molecule has 1 aliphatic carbocycles. The van der Waals surface area contributed by atoms with Gasteiger partial charge in [-0.3, -0.25) is 4.79 Å². The van der Waals surface area contributed by atoms with Crippen LogP contribution in [0.15, 0.2) is 42.5 Å². The van der Waals surface area contributed by atoms with Gasteiger partial charge in [0.05, 0.1) is 23.1 Å². The van der Waals surface area contributed by atoms with E-state index in [0.717, 1.165) is 36.0 Å². The molecule has 8 heteroatoms. The Balaban J connectivity index is 1.43. The molecule has 2 unspecified atom stereocenters. The SMILES string of the molecule is COCCCN(Cc1nc2ccccc2n1CC1CCCCC1CN1CCCCC1)C(=O)c1cccc(F)c1F. The Kier molecular flexibility index (Phi) is 9.81. The standard InChI is InChI=1S/C32H42F2N4O2/c1-40-20-10-19-37(32(39)26-13-9-14-27(33)31(26)34)23-30-35-28-15-5-6-16-29(28)38(30)22-25-12-4-3-11-24(25)21-36-17-7-2-8-18-36/h5-6,9,13-16,24-25H,2-4,7-8,10-12,17-23H2,1H3. The molecule has 40 heavy (non-hydrogen) atoms. The van der Waals surface area contributed by atoms with Gasteiger partial charge in [0.25, 0.3) is 5.91 Å². The van der Waals surface area contributed by atoms with Gasteiger partial charge in [0, 0.05) is 33.4 Å². The molecule has 2 heterocycles. The van der Waals surface area contributed by atoms with Gasteiger partial charge < -0.3 is 19.1 Å². The van der Waals surface area contributed by atoms with Crippen LogP contribution in [0.3, 0.4) is 0 Å². The van der Waals surface area contributed by atoms with Gasteiger partial charge in [-0.25, -0.2) is 13.8 Å². The zero-order chi connectivity index (χ0) is 27.9. The smallest absolute Gasteiger partial charge is 0.257 e. The molecule has 216 valence electrons. The Bertz CT molecular complexity index is 1270. The third-order valence-corrected chi connectivity index (χ3v) is 8.74. The van der Waals surface area contributed by atoms with Gasteiger partial charge in [0.15, 0.2) is 11.6 Å². The second kappa shape index (κ2) is 13.7. The van der Waals surface area contributed by atoms with Crippen molar-refractivity contribution < 1.29 is 18.3 Å². The molecule has 1 amide bonds. The molecule has 2 fully saturated rings. The van der Waals surface area contributed by atoms with Crippen LogP contribution in [0.4, 0.5) is 8.78 Å². The number of methoxy groups -OCH3 is 1. The van der Waals surface area contributed by atoms with E-state index in [1.165, 1.54) is 70.2 Å². The van der Waals surface area contributed by atoms with Crippen molar-refractivity contribution in [3.63, 3.8) is 0 Å². The summed E-state index contributed by atoms with van der Waals surface area (Å²) < 4.78 is 36.2. The number of carbonyl (C=O) groups excluding carboxylic acids is 1. The fourth-order valence-electron chi connectivity index (χ4n) is 6.59. The maximum atomic E-state index is 14.7. The average Bonchev–Trinajstić information content (AvgIpc) is 3.32. The highest BCUT2D eigenvalue weighted by Gasteiger charge is 2.30. The van der Waals surface area contributed by atoms with Crippen molar-refractivity contribution in [2.24, 2.45) is 11.8 Å². The Labute approximate surface area is 236 Å². The van der Waals surface area contributed by atoms with Gasteiger partial charge in [0.2, 0.25) is 0 Å². The molecule has 1 saturated carbocycles. The quantitative estimate of drug-likeness (QED) is 0.263. The highest BCUT2D eigenvalue weighted by Crippen LogP contribution is 2.34. The second-order valence-electron chi connectivity index (χ2n) is 11.5. The van der Waals surface area contributed by atoms with Crippen molar-refractivity contribution in [2.45, 2.75) is 64.5 Å². The number of hydrogen-bond donors (Lipinski definition) is 0. The molecular formula is C32H42F2N4O2. The number of ether oxygens (including phenoxy) is 1. The number of hydrogen-bond acceptors (Lipinski definition) is 4. The molecule has 2 aliphatic rings. The number of piperidine rings is 1. The van der Waals surface area contributed by atoms with E-state index in [9.17, 15) is 13.6 Å². The van der Waals surface area contributed by atoms with Crippen LogP contribution in [0.5, 0.6) is 0 Å². The molecule has 6 nitrogen and oxygen atoms in total. The minimum Gasteiger partial charge on any atom is -0.385 e. The van der Waals surface area contributed by atoms with Gasteiger partial charge in [-0.2, -0.15) is 0 Å². The molecule has 0 spiro atoms. The summed E-state index contributed by atoms with van der Waals surface area (Å²) in [5, 5.41) is 0. The maximum absolute atomic E-state index is 14.7. The monoisotopic (exact) mass is 552 g/mol. The Hall–Kier alpha value is -2.84. The summed E-state index contributed by atoms with van der Waals surface area (Å²) in [6, 6.07) is 11.9. The van der Waals surface area contributed by atoms with E-state index in [2.05, 4.69) is 15.5 Å². The minimum atomic E-state index is -1.11.